The van der Waals surface area contributed by atoms with E-state index in [1.54, 1.807) is 12.5 Å². The fourth-order valence-electron chi connectivity index (χ4n) is 2.83. The second-order valence-corrected chi connectivity index (χ2v) is 5.30. The zero-order chi connectivity index (χ0) is 14.1. The van der Waals surface area contributed by atoms with E-state index >= 15 is 0 Å². The third-order valence-electron chi connectivity index (χ3n) is 3.89. The second-order valence-electron chi connectivity index (χ2n) is 5.30. The number of rotatable bonds is 3. The molecule has 21 heavy (non-hydrogen) atoms. The number of fused-ring (bicyclic) bond motifs is 1. The van der Waals surface area contributed by atoms with Gasteiger partial charge in [-0.05, 0) is 18.2 Å². The van der Waals surface area contributed by atoms with Gasteiger partial charge in [-0.1, -0.05) is 0 Å². The summed E-state index contributed by atoms with van der Waals surface area (Å²) in [5, 5.41) is 0. The molecule has 0 fully saturated rings. The van der Waals surface area contributed by atoms with Gasteiger partial charge in [-0.2, -0.15) is 0 Å². The number of imidazole rings is 1. The first-order chi connectivity index (χ1) is 10.4. The molecule has 3 aromatic rings. The summed E-state index contributed by atoms with van der Waals surface area (Å²) < 4.78 is 7.43. The highest BCUT2D eigenvalue weighted by molar-refractivity contribution is 5.58. The van der Waals surface area contributed by atoms with E-state index in [4.69, 9.17) is 4.42 Å². The van der Waals surface area contributed by atoms with Crippen LogP contribution in [0.2, 0.25) is 0 Å². The lowest BCUT2D eigenvalue weighted by Crippen LogP contribution is -2.33. The molecule has 5 heteroatoms. The number of nitrogens with zero attached hydrogens (tertiary/aromatic N) is 4. The molecular formula is C16H16N4O. The molecule has 0 radical (unpaired) electrons. The molecule has 0 atom stereocenters. The highest BCUT2D eigenvalue weighted by Crippen LogP contribution is 2.23. The summed E-state index contributed by atoms with van der Waals surface area (Å²) in [6.07, 6.45) is 9.17. The topological polar surface area (TPSA) is 47.1 Å². The summed E-state index contributed by atoms with van der Waals surface area (Å²) in [5.74, 6) is 1.11. The molecule has 0 saturated heterocycles. The van der Waals surface area contributed by atoms with Gasteiger partial charge in [0.1, 0.15) is 5.82 Å². The molecule has 1 aliphatic heterocycles. The van der Waals surface area contributed by atoms with Crippen LogP contribution in [0.1, 0.15) is 11.4 Å². The van der Waals surface area contributed by atoms with Gasteiger partial charge in [-0.15, -0.1) is 0 Å². The van der Waals surface area contributed by atoms with E-state index in [9.17, 15) is 0 Å². The van der Waals surface area contributed by atoms with Crippen molar-refractivity contribution in [1.82, 2.24) is 19.4 Å². The van der Waals surface area contributed by atoms with Gasteiger partial charge < -0.3 is 8.98 Å². The maximum atomic E-state index is 5.13. The molecule has 0 bridgehead atoms. The number of furan rings is 1. The highest BCUT2D eigenvalue weighted by atomic mass is 16.3. The largest absolute Gasteiger partial charge is 0.472 e. The molecule has 4 rings (SSSR count). The van der Waals surface area contributed by atoms with Crippen LogP contribution in [0.5, 0.6) is 0 Å². The third-order valence-corrected chi connectivity index (χ3v) is 3.89. The van der Waals surface area contributed by atoms with Crippen molar-refractivity contribution >= 4 is 0 Å². The van der Waals surface area contributed by atoms with Crippen molar-refractivity contribution < 1.29 is 4.42 Å². The number of pyridine rings is 1. The van der Waals surface area contributed by atoms with Crippen molar-refractivity contribution in [3.8, 4) is 11.3 Å². The van der Waals surface area contributed by atoms with Crippen LogP contribution in [0.25, 0.3) is 11.3 Å². The van der Waals surface area contributed by atoms with Crippen molar-refractivity contribution in [2.24, 2.45) is 0 Å². The molecule has 4 heterocycles. The molecule has 3 aromatic heterocycles. The smallest absolute Gasteiger partial charge is 0.123 e. The standard InChI is InChI=1S/C16H16N4O/c1-2-14(8-17-4-1)15-9-18-16-11-19(5-6-20(15)16)10-13-3-7-21-12-13/h1-4,7-9,12H,5-6,10-11H2. The predicted molar refractivity (Wildman–Crippen MR) is 78.3 cm³/mol. The Morgan fingerprint density at radius 3 is 3.00 bits per heavy atom. The van der Waals surface area contributed by atoms with E-state index < -0.39 is 0 Å². The number of hydrogen-bond donors (Lipinski definition) is 0. The van der Waals surface area contributed by atoms with Crippen molar-refractivity contribution in [1.29, 1.82) is 0 Å². The van der Waals surface area contributed by atoms with E-state index in [0.717, 1.165) is 43.3 Å². The first-order valence-electron chi connectivity index (χ1n) is 7.08. The summed E-state index contributed by atoms with van der Waals surface area (Å²) in [6, 6.07) is 6.06. The van der Waals surface area contributed by atoms with Crippen molar-refractivity contribution in [3.05, 3.63) is 60.7 Å². The minimum Gasteiger partial charge on any atom is -0.472 e. The Balaban J connectivity index is 1.56. The van der Waals surface area contributed by atoms with Crippen LogP contribution in [0.3, 0.4) is 0 Å². The molecule has 0 spiro atoms. The van der Waals surface area contributed by atoms with Crippen LogP contribution in [-0.2, 0) is 19.6 Å². The SMILES string of the molecule is c1cncc(-c2cnc3n2CCN(Cc2ccoc2)C3)c1. The average molecular weight is 280 g/mol. The summed E-state index contributed by atoms with van der Waals surface area (Å²) in [7, 11) is 0. The van der Waals surface area contributed by atoms with Crippen molar-refractivity contribution in [3.63, 3.8) is 0 Å². The normalized spacial score (nSPS) is 15.0. The van der Waals surface area contributed by atoms with Gasteiger partial charge in [0.15, 0.2) is 0 Å². The van der Waals surface area contributed by atoms with Crippen molar-refractivity contribution in [2.75, 3.05) is 6.54 Å². The Hall–Kier alpha value is -2.40. The quantitative estimate of drug-likeness (QED) is 0.739. The van der Waals surface area contributed by atoms with Gasteiger partial charge in [0.25, 0.3) is 0 Å². The molecule has 1 aliphatic rings. The van der Waals surface area contributed by atoms with E-state index in [-0.39, 0.29) is 0 Å². The second kappa shape index (κ2) is 5.18. The van der Waals surface area contributed by atoms with Gasteiger partial charge in [-0.25, -0.2) is 4.98 Å². The fraction of sp³-hybridized carbons (Fsp3) is 0.250. The summed E-state index contributed by atoms with van der Waals surface area (Å²) in [4.78, 5) is 11.2. The Morgan fingerprint density at radius 1 is 1.19 bits per heavy atom. The third kappa shape index (κ3) is 2.36. The minimum atomic E-state index is 0.867. The maximum Gasteiger partial charge on any atom is 0.123 e. The highest BCUT2D eigenvalue weighted by Gasteiger charge is 2.20. The number of aromatic nitrogens is 3. The van der Waals surface area contributed by atoms with Crippen LogP contribution in [0.15, 0.2) is 53.7 Å². The van der Waals surface area contributed by atoms with Crippen LogP contribution in [0.4, 0.5) is 0 Å². The Kier molecular flexibility index (Phi) is 3.05. The van der Waals surface area contributed by atoms with Crippen LogP contribution >= 0.6 is 0 Å². The lowest BCUT2D eigenvalue weighted by Gasteiger charge is -2.28. The number of hydrogen-bond acceptors (Lipinski definition) is 4. The van der Waals surface area contributed by atoms with Gasteiger partial charge >= 0.3 is 0 Å². The van der Waals surface area contributed by atoms with E-state index in [1.807, 2.05) is 30.8 Å². The first kappa shape index (κ1) is 12.3. The van der Waals surface area contributed by atoms with E-state index in [1.165, 1.54) is 5.56 Å². The zero-order valence-electron chi connectivity index (χ0n) is 11.6. The Morgan fingerprint density at radius 2 is 2.19 bits per heavy atom. The Bertz CT molecular complexity index is 718. The maximum absolute atomic E-state index is 5.13. The van der Waals surface area contributed by atoms with Crippen LogP contribution < -0.4 is 0 Å². The zero-order valence-corrected chi connectivity index (χ0v) is 11.6. The van der Waals surface area contributed by atoms with E-state index in [0.29, 0.717) is 0 Å². The molecule has 0 aliphatic carbocycles. The van der Waals surface area contributed by atoms with Gasteiger partial charge in [0, 0.05) is 43.2 Å². The molecule has 0 aromatic carbocycles. The monoisotopic (exact) mass is 280 g/mol. The summed E-state index contributed by atoms with van der Waals surface area (Å²) in [5.41, 5.74) is 3.49. The molecule has 5 nitrogen and oxygen atoms in total. The van der Waals surface area contributed by atoms with Crippen LogP contribution in [-0.4, -0.2) is 26.0 Å². The van der Waals surface area contributed by atoms with Crippen molar-refractivity contribution in [2.45, 2.75) is 19.6 Å². The summed E-state index contributed by atoms with van der Waals surface area (Å²) >= 11 is 0. The molecular weight excluding hydrogens is 264 g/mol. The van der Waals surface area contributed by atoms with E-state index in [2.05, 4.69) is 25.5 Å². The first-order valence-corrected chi connectivity index (χ1v) is 7.08. The molecule has 0 N–H and O–H groups in total. The summed E-state index contributed by atoms with van der Waals surface area (Å²) in [6.45, 7) is 3.75. The molecule has 0 unspecified atom stereocenters. The molecule has 0 saturated carbocycles. The Labute approximate surface area is 122 Å². The predicted octanol–water partition coefficient (Wildman–Crippen LogP) is 2.55. The lowest BCUT2D eigenvalue weighted by atomic mass is 10.2. The van der Waals surface area contributed by atoms with Gasteiger partial charge in [-0.3, -0.25) is 9.88 Å². The fourth-order valence-corrected chi connectivity index (χ4v) is 2.83. The van der Waals surface area contributed by atoms with Crippen LogP contribution in [0, 0.1) is 0 Å². The molecule has 106 valence electrons. The average Bonchev–Trinajstić information content (AvgIpc) is 3.17. The van der Waals surface area contributed by atoms with Gasteiger partial charge in [0.05, 0.1) is 31.0 Å². The van der Waals surface area contributed by atoms with Gasteiger partial charge in [0.2, 0.25) is 0 Å². The molecule has 0 amide bonds. The lowest BCUT2D eigenvalue weighted by molar-refractivity contribution is 0.209. The minimum absolute atomic E-state index is 0.867.